The highest BCUT2D eigenvalue weighted by molar-refractivity contribution is 6.09. The lowest BCUT2D eigenvalue weighted by Crippen LogP contribution is -2.17. The third-order valence-corrected chi connectivity index (χ3v) is 9.65. The minimum Gasteiger partial charge on any atom is -0.310 e. The van der Waals surface area contributed by atoms with E-state index in [1.807, 2.05) is 13.0 Å². The Morgan fingerprint density at radius 2 is 1.17 bits per heavy atom. The van der Waals surface area contributed by atoms with Gasteiger partial charge in [0.25, 0.3) is 0 Å². The zero-order valence-corrected chi connectivity index (χ0v) is 26.5. The molecule has 0 saturated heterocycles. The van der Waals surface area contributed by atoms with Gasteiger partial charge in [0.1, 0.15) is 0 Å². The van der Waals surface area contributed by atoms with E-state index in [2.05, 4.69) is 176 Å². The smallest absolute Gasteiger partial charge is 0.0541 e. The molecule has 6 aromatic carbocycles. The lowest BCUT2D eigenvalue weighted by atomic mass is 9.82. The summed E-state index contributed by atoms with van der Waals surface area (Å²) in [6, 6.07) is 48.7. The van der Waals surface area contributed by atoms with Crippen molar-refractivity contribution in [2.45, 2.75) is 26.2 Å². The van der Waals surface area contributed by atoms with Crippen LogP contribution in [-0.4, -0.2) is 4.57 Å². The van der Waals surface area contributed by atoms with Crippen LogP contribution in [0.1, 0.15) is 43.0 Å². The first-order chi connectivity index (χ1) is 22.5. The summed E-state index contributed by atoms with van der Waals surface area (Å²) in [5.74, 6) is 0. The van der Waals surface area contributed by atoms with Gasteiger partial charge in [0.15, 0.2) is 0 Å². The maximum Gasteiger partial charge on any atom is 0.0541 e. The molecule has 222 valence electrons. The molecule has 1 aromatic heterocycles. The molecule has 46 heavy (non-hydrogen) atoms. The number of fused-ring (bicyclic) bond motifs is 6. The number of nitrogens with zero attached hydrogens (tertiary/aromatic N) is 2. The SMILES string of the molecule is C=Cc1cc(N(c2ccccc2)c2ccc3c(c2)C(C)(C)c2cc(-n4c5ccccc5c5ccccc54)ccc2-3)ccc1/C=C\C. The number of hydrogen-bond acceptors (Lipinski definition) is 1. The second-order valence-electron chi connectivity index (χ2n) is 12.6. The van der Waals surface area contributed by atoms with E-state index >= 15 is 0 Å². The van der Waals surface area contributed by atoms with E-state index in [-0.39, 0.29) is 5.41 Å². The van der Waals surface area contributed by atoms with Crippen molar-refractivity contribution in [3.63, 3.8) is 0 Å². The molecule has 8 rings (SSSR count). The summed E-state index contributed by atoms with van der Waals surface area (Å²) < 4.78 is 2.42. The lowest BCUT2D eigenvalue weighted by Gasteiger charge is -2.28. The van der Waals surface area contributed by atoms with Crippen LogP contribution in [0.25, 0.3) is 50.8 Å². The first-order valence-electron chi connectivity index (χ1n) is 16.0. The minimum absolute atomic E-state index is 0.181. The first kappa shape index (κ1) is 27.9. The van der Waals surface area contributed by atoms with Gasteiger partial charge in [-0.05, 0) is 101 Å². The molecule has 0 unspecified atom stereocenters. The summed E-state index contributed by atoms with van der Waals surface area (Å²) in [4.78, 5) is 2.36. The molecule has 1 aliphatic carbocycles. The maximum absolute atomic E-state index is 4.11. The van der Waals surface area contributed by atoms with Gasteiger partial charge in [-0.2, -0.15) is 0 Å². The topological polar surface area (TPSA) is 8.17 Å². The Morgan fingerprint density at radius 3 is 1.85 bits per heavy atom. The monoisotopic (exact) mass is 592 g/mol. The molecule has 0 radical (unpaired) electrons. The third-order valence-electron chi connectivity index (χ3n) is 9.65. The standard InChI is InChI=1S/C44H36N2/c1-5-14-31-21-22-33(27-30(31)6-2)45(32-15-8-7-9-16-32)34-23-25-36-37-26-24-35(29-41(37)44(3,4)40(36)28-34)46-42-19-12-10-17-38(42)39-18-11-13-20-43(39)46/h5-29H,2H2,1,3-4H3/b14-5-. The van der Waals surface area contributed by atoms with Crippen LogP contribution in [0.3, 0.4) is 0 Å². The molecular formula is C44H36N2. The second-order valence-corrected chi connectivity index (χ2v) is 12.6. The molecular weight excluding hydrogens is 556 g/mol. The van der Waals surface area contributed by atoms with Gasteiger partial charge in [-0.25, -0.2) is 0 Å². The Bertz CT molecular complexity index is 2260. The van der Waals surface area contributed by atoms with Crippen molar-refractivity contribution < 1.29 is 0 Å². The lowest BCUT2D eigenvalue weighted by molar-refractivity contribution is 0.660. The van der Waals surface area contributed by atoms with Crippen LogP contribution in [0.4, 0.5) is 17.1 Å². The molecule has 0 aliphatic heterocycles. The fourth-order valence-corrected chi connectivity index (χ4v) is 7.43. The number of hydrogen-bond donors (Lipinski definition) is 0. The first-order valence-corrected chi connectivity index (χ1v) is 16.0. The van der Waals surface area contributed by atoms with Crippen LogP contribution in [0.5, 0.6) is 0 Å². The van der Waals surface area contributed by atoms with Crippen LogP contribution in [0.15, 0.2) is 146 Å². The molecule has 0 N–H and O–H groups in total. The summed E-state index contributed by atoms with van der Waals surface area (Å²) >= 11 is 0. The number of allylic oxidation sites excluding steroid dienone is 1. The largest absolute Gasteiger partial charge is 0.310 e. The molecule has 0 amide bonds. The van der Waals surface area contributed by atoms with E-state index in [0.29, 0.717) is 0 Å². The molecule has 0 spiro atoms. The predicted octanol–water partition coefficient (Wildman–Crippen LogP) is 12.2. The van der Waals surface area contributed by atoms with Gasteiger partial charge < -0.3 is 9.47 Å². The molecule has 1 heterocycles. The van der Waals surface area contributed by atoms with Crippen LogP contribution in [0.2, 0.25) is 0 Å². The number of aromatic nitrogens is 1. The molecule has 0 saturated carbocycles. The summed E-state index contributed by atoms with van der Waals surface area (Å²) in [6.45, 7) is 10.9. The fraction of sp³-hybridized carbons (Fsp3) is 0.0909. The quantitative estimate of drug-likeness (QED) is 0.186. The van der Waals surface area contributed by atoms with Crippen molar-refractivity contribution in [2.24, 2.45) is 0 Å². The third kappa shape index (κ3) is 4.25. The highest BCUT2D eigenvalue weighted by atomic mass is 15.1. The Balaban J connectivity index is 1.27. The Morgan fingerprint density at radius 1 is 0.587 bits per heavy atom. The van der Waals surface area contributed by atoms with Crippen molar-refractivity contribution >= 4 is 51.0 Å². The van der Waals surface area contributed by atoms with E-state index in [9.17, 15) is 0 Å². The number of benzene rings is 6. The van der Waals surface area contributed by atoms with Crippen molar-refractivity contribution in [3.8, 4) is 16.8 Å². The Hall–Kier alpha value is -5.60. The van der Waals surface area contributed by atoms with Crippen molar-refractivity contribution in [3.05, 3.63) is 168 Å². The number of anilines is 3. The number of para-hydroxylation sites is 3. The molecule has 0 bridgehead atoms. The summed E-state index contributed by atoms with van der Waals surface area (Å²) in [5.41, 5.74) is 14.5. The minimum atomic E-state index is -0.181. The van der Waals surface area contributed by atoms with Gasteiger partial charge in [0.2, 0.25) is 0 Å². The Kier molecular flexibility index (Phi) is 6.54. The maximum atomic E-state index is 4.11. The highest BCUT2D eigenvalue weighted by Crippen LogP contribution is 2.51. The van der Waals surface area contributed by atoms with Gasteiger partial charge in [-0.1, -0.05) is 111 Å². The molecule has 7 aromatic rings. The van der Waals surface area contributed by atoms with Gasteiger partial charge in [0, 0.05) is 38.9 Å². The normalized spacial score (nSPS) is 13.3. The molecule has 1 aliphatic rings. The van der Waals surface area contributed by atoms with Crippen molar-refractivity contribution in [2.75, 3.05) is 4.90 Å². The van der Waals surface area contributed by atoms with Gasteiger partial charge in [0.05, 0.1) is 11.0 Å². The molecule has 2 nitrogen and oxygen atoms in total. The van der Waals surface area contributed by atoms with E-state index in [0.717, 1.165) is 22.6 Å². The van der Waals surface area contributed by atoms with Gasteiger partial charge >= 0.3 is 0 Å². The zero-order valence-electron chi connectivity index (χ0n) is 26.5. The molecule has 0 atom stereocenters. The van der Waals surface area contributed by atoms with E-state index < -0.39 is 0 Å². The van der Waals surface area contributed by atoms with Crippen LogP contribution >= 0.6 is 0 Å². The molecule has 0 fully saturated rings. The van der Waals surface area contributed by atoms with Crippen LogP contribution < -0.4 is 4.90 Å². The van der Waals surface area contributed by atoms with Gasteiger partial charge in [-0.15, -0.1) is 0 Å². The van der Waals surface area contributed by atoms with Gasteiger partial charge in [-0.3, -0.25) is 0 Å². The highest BCUT2D eigenvalue weighted by Gasteiger charge is 2.36. The molecule has 2 heteroatoms. The van der Waals surface area contributed by atoms with Crippen LogP contribution in [0, 0.1) is 0 Å². The number of rotatable bonds is 6. The fourth-order valence-electron chi connectivity index (χ4n) is 7.43. The van der Waals surface area contributed by atoms with Crippen molar-refractivity contribution in [1.29, 1.82) is 0 Å². The van der Waals surface area contributed by atoms with E-state index in [1.54, 1.807) is 0 Å². The predicted molar refractivity (Wildman–Crippen MR) is 198 cm³/mol. The van der Waals surface area contributed by atoms with Crippen molar-refractivity contribution in [1.82, 2.24) is 4.57 Å². The average molecular weight is 593 g/mol. The summed E-state index contributed by atoms with van der Waals surface area (Å²) in [6.07, 6.45) is 6.15. The summed E-state index contributed by atoms with van der Waals surface area (Å²) in [7, 11) is 0. The zero-order chi connectivity index (χ0) is 31.4. The van der Waals surface area contributed by atoms with Crippen LogP contribution in [-0.2, 0) is 5.41 Å². The van der Waals surface area contributed by atoms with E-state index in [1.165, 1.54) is 55.3 Å². The second kappa shape index (κ2) is 10.8. The average Bonchev–Trinajstić information content (AvgIpc) is 3.54. The Labute approximate surface area is 271 Å². The summed E-state index contributed by atoms with van der Waals surface area (Å²) in [5, 5.41) is 2.57. The van der Waals surface area contributed by atoms with E-state index in [4.69, 9.17) is 0 Å².